The predicted molar refractivity (Wildman–Crippen MR) is 52.2 cm³/mol. The Morgan fingerprint density at radius 1 is 1.42 bits per heavy atom. The van der Waals surface area contributed by atoms with E-state index < -0.39 is 0 Å². The summed E-state index contributed by atoms with van der Waals surface area (Å²) in [5.74, 6) is 0.817. The van der Waals surface area contributed by atoms with Gasteiger partial charge in [0, 0.05) is 0 Å². The summed E-state index contributed by atoms with van der Waals surface area (Å²) >= 11 is 0. The van der Waals surface area contributed by atoms with E-state index in [4.69, 9.17) is 4.74 Å². The van der Waals surface area contributed by atoms with Gasteiger partial charge in [0.25, 0.3) is 0 Å². The molecular weight excluding hydrogens is 148 g/mol. The van der Waals surface area contributed by atoms with Gasteiger partial charge in [0.1, 0.15) is 0 Å². The highest BCUT2D eigenvalue weighted by Crippen LogP contribution is 2.29. The maximum Gasteiger partial charge on any atom is 0.0842 e. The molecule has 0 amide bonds. The third-order valence-corrected chi connectivity index (χ3v) is 2.83. The monoisotopic (exact) mass is 168 g/mol. The van der Waals surface area contributed by atoms with Gasteiger partial charge in [0.2, 0.25) is 0 Å². The topological polar surface area (TPSA) is 9.23 Å². The highest BCUT2D eigenvalue weighted by atomic mass is 16.5. The molecule has 1 rings (SSSR count). The van der Waals surface area contributed by atoms with Crippen molar-refractivity contribution >= 4 is 0 Å². The van der Waals surface area contributed by atoms with Gasteiger partial charge in [-0.25, -0.2) is 0 Å². The van der Waals surface area contributed by atoms with Crippen LogP contribution < -0.4 is 0 Å². The average Bonchev–Trinajstić information content (AvgIpc) is 2.48. The van der Waals surface area contributed by atoms with E-state index in [1.54, 1.807) is 0 Å². The van der Waals surface area contributed by atoms with Gasteiger partial charge in [0.15, 0.2) is 0 Å². The number of hydrogen-bond acceptors (Lipinski definition) is 1. The van der Waals surface area contributed by atoms with Gasteiger partial charge in [-0.05, 0) is 19.3 Å². The summed E-state index contributed by atoms with van der Waals surface area (Å²) in [6.07, 6.45) is 8.05. The fourth-order valence-corrected chi connectivity index (χ4v) is 1.86. The highest BCUT2D eigenvalue weighted by molar-refractivity contribution is 5.05. The zero-order valence-corrected chi connectivity index (χ0v) is 8.47. The summed E-state index contributed by atoms with van der Waals surface area (Å²) in [6, 6.07) is 0. The van der Waals surface area contributed by atoms with Crippen LogP contribution in [0.25, 0.3) is 0 Å². The van der Waals surface area contributed by atoms with Gasteiger partial charge in [-0.15, -0.1) is 0 Å². The first-order valence-electron chi connectivity index (χ1n) is 5.02. The number of rotatable bonds is 4. The number of hydrogen-bond donors (Lipinski definition) is 0. The molecule has 1 aliphatic rings. The Morgan fingerprint density at radius 3 is 2.50 bits per heavy atom. The van der Waals surface area contributed by atoms with Gasteiger partial charge in [-0.3, -0.25) is 0 Å². The molecule has 0 saturated heterocycles. The molecule has 0 fully saturated rings. The van der Waals surface area contributed by atoms with Crippen LogP contribution in [0.4, 0.5) is 0 Å². The van der Waals surface area contributed by atoms with E-state index in [1.807, 2.05) is 0 Å². The van der Waals surface area contributed by atoms with E-state index in [2.05, 4.69) is 32.9 Å². The minimum absolute atomic E-state index is 0.0384. The lowest BCUT2D eigenvalue weighted by Crippen LogP contribution is -2.25. The predicted octanol–water partition coefficient (Wildman–Crippen LogP) is 3.16. The molecule has 0 aliphatic carbocycles. The lowest BCUT2D eigenvalue weighted by Gasteiger charge is -2.26. The molecule has 1 heterocycles. The molecule has 0 aromatic rings. The van der Waals surface area contributed by atoms with Crippen molar-refractivity contribution in [2.24, 2.45) is 5.92 Å². The molecule has 0 radical (unpaired) electrons. The normalized spacial score (nSPS) is 28.7. The first-order chi connectivity index (χ1) is 5.70. The third kappa shape index (κ3) is 2.34. The molecule has 1 aliphatic heterocycles. The molecular formula is C11H20O. The van der Waals surface area contributed by atoms with Crippen molar-refractivity contribution in [3.63, 3.8) is 0 Å². The molecule has 1 atom stereocenters. The summed E-state index contributed by atoms with van der Waals surface area (Å²) in [4.78, 5) is 0. The summed E-state index contributed by atoms with van der Waals surface area (Å²) in [6.45, 7) is 7.51. The summed E-state index contributed by atoms with van der Waals surface area (Å²) in [5, 5.41) is 0. The van der Waals surface area contributed by atoms with Crippen LogP contribution in [0.5, 0.6) is 0 Å². The van der Waals surface area contributed by atoms with E-state index in [-0.39, 0.29) is 5.60 Å². The maximum absolute atomic E-state index is 5.66. The Labute approximate surface area is 75.8 Å². The first kappa shape index (κ1) is 9.79. The minimum atomic E-state index is 0.0384. The molecule has 0 N–H and O–H groups in total. The molecule has 12 heavy (non-hydrogen) atoms. The molecule has 0 saturated carbocycles. The van der Waals surface area contributed by atoms with E-state index in [0.717, 1.165) is 12.5 Å². The van der Waals surface area contributed by atoms with Gasteiger partial charge in [-0.2, -0.15) is 0 Å². The SMILES string of the molecule is CCC(CC)C[C@]1(C)C=CCO1. The van der Waals surface area contributed by atoms with E-state index in [9.17, 15) is 0 Å². The van der Waals surface area contributed by atoms with Gasteiger partial charge in [-0.1, -0.05) is 38.8 Å². The third-order valence-electron chi connectivity index (χ3n) is 2.83. The van der Waals surface area contributed by atoms with Crippen LogP contribution in [0.3, 0.4) is 0 Å². The summed E-state index contributed by atoms with van der Waals surface area (Å²) in [5.41, 5.74) is 0.0384. The van der Waals surface area contributed by atoms with Gasteiger partial charge >= 0.3 is 0 Å². The maximum atomic E-state index is 5.66. The zero-order chi connectivity index (χ0) is 9.03. The Balaban J connectivity index is 2.42. The van der Waals surface area contributed by atoms with E-state index in [1.165, 1.54) is 19.3 Å². The largest absolute Gasteiger partial charge is 0.367 e. The van der Waals surface area contributed by atoms with E-state index in [0.29, 0.717) is 0 Å². The van der Waals surface area contributed by atoms with Crippen molar-refractivity contribution in [2.75, 3.05) is 6.61 Å². The molecule has 0 aromatic heterocycles. The standard InChI is InChI=1S/C11H20O/c1-4-10(5-2)9-11(3)7-6-8-12-11/h6-7,10H,4-5,8-9H2,1-3H3/t11-/m0/s1. The average molecular weight is 168 g/mol. The molecule has 1 nitrogen and oxygen atoms in total. The second-order valence-electron chi connectivity index (χ2n) is 3.91. The van der Waals surface area contributed by atoms with Crippen molar-refractivity contribution in [1.29, 1.82) is 0 Å². The van der Waals surface area contributed by atoms with Crippen molar-refractivity contribution in [2.45, 2.75) is 45.6 Å². The molecule has 70 valence electrons. The van der Waals surface area contributed by atoms with Crippen LogP contribution >= 0.6 is 0 Å². The summed E-state index contributed by atoms with van der Waals surface area (Å²) in [7, 11) is 0. The molecule has 0 aromatic carbocycles. The fraction of sp³-hybridized carbons (Fsp3) is 0.818. The Kier molecular flexibility index (Phi) is 3.33. The molecule has 0 spiro atoms. The lowest BCUT2D eigenvalue weighted by molar-refractivity contribution is 0.0205. The minimum Gasteiger partial charge on any atom is -0.367 e. The van der Waals surface area contributed by atoms with Crippen LogP contribution in [0.2, 0.25) is 0 Å². The van der Waals surface area contributed by atoms with Crippen LogP contribution in [-0.4, -0.2) is 12.2 Å². The Morgan fingerprint density at radius 2 is 2.08 bits per heavy atom. The quantitative estimate of drug-likeness (QED) is 0.586. The van der Waals surface area contributed by atoms with E-state index >= 15 is 0 Å². The van der Waals surface area contributed by atoms with Crippen molar-refractivity contribution in [3.05, 3.63) is 12.2 Å². The van der Waals surface area contributed by atoms with Gasteiger partial charge in [0.05, 0.1) is 12.2 Å². The highest BCUT2D eigenvalue weighted by Gasteiger charge is 2.27. The van der Waals surface area contributed by atoms with Crippen molar-refractivity contribution in [3.8, 4) is 0 Å². The molecule has 0 bridgehead atoms. The van der Waals surface area contributed by atoms with Crippen LogP contribution in [0.1, 0.15) is 40.0 Å². The Hall–Kier alpha value is -0.300. The summed E-state index contributed by atoms with van der Waals surface area (Å²) < 4.78 is 5.66. The van der Waals surface area contributed by atoms with Gasteiger partial charge < -0.3 is 4.74 Å². The lowest BCUT2D eigenvalue weighted by atomic mass is 9.89. The van der Waals surface area contributed by atoms with Crippen molar-refractivity contribution in [1.82, 2.24) is 0 Å². The van der Waals surface area contributed by atoms with Crippen LogP contribution in [0, 0.1) is 5.92 Å². The first-order valence-corrected chi connectivity index (χ1v) is 5.02. The fourth-order valence-electron chi connectivity index (χ4n) is 1.86. The number of ether oxygens (including phenoxy) is 1. The van der Waals surface area contributed by atoms with Crippen molar-refractivity contribution < 1.29 is 4.74 Å². The molecule has 1 heteroatoms. The van der Waals surface area contributed by atoms with Crippen LogP contribution in [0.15, 0.2) is 12.2 Å². The van der Waals surface area contributed by atoms with Crippen LogP contribution in [-0.2, 0) is 4.74 Å². The Bertz CT molecular complexity index is 158. The second kappa shape index (κ2) is 4.08. The second-order valence-corrected chi connectivity index (χ2v) is 3.91. The zero-order valence-electron chi connectivity index (χ0n) is 8.47. The molecule has 0 unspecified atom stereocenters. The smallest absolute Gasteiger partial charge is 0.0842 e.